The fourth-order valence-corrected chi connectivity index (χ4v) is 3.32. The predicted molar refractivity (Wildman–Crippen MR) is 99.0 cm³/mol. The predicted octanol–water partition coefficient (Wildman–Crippen LogP) is 2.93. The van der Waals surface area contributed by atoms with Crippen molar-refractivity contribution in [2.45, 2.75) is 18.9 Å². The zero-order valence-corrected chi connectivity index (χ0v) is 14.2. The van der Waals surface area contributed by atoms with Crippen LogP contribution in [0.4, 0.5) is 5.95 Å². The summed E-state index contributed by atoms with van der Waals surface area (Å²) in [5, 5.41) is 7.80. The Bertz CT molecular complexity index is 1070. The van der Waals surface area contributed by atoms with Crippen LogP contribution in [0.5, 0.6) is 0 Å². The Morgan fingerprint density at radius 1 is 1.15 bits per heavy atom. The quantitative estimate of drug-likeness (QED) is 0.612. The van der Waals surface area contributed by atoms with Crippen molar-refractivity contribution in [1.29, 1.82) is 0 Å². The van der Waals surface area contributed by atoms with Crippen molar-refractivity contribution in [3.63, 3.8) is 0 Å². The molecule has 1 saturated heterocycles. The summed E-state index contributed by atoms with van der Waals surface area (Å²) in [6.45, 7) is 1.58. The Balaban J connectivity index is 1.44. The van der Waals surface area contributed by atoms with E-state index in [1.807, 2.05) is 47.2 Å². The van der Waals surface area contributed by atoms with Gasteiger partial charge in [0.1, 0.15) is 0 Å². The maximum atomic E-state index is 5.62. The zero-order valence-electron chi connectivity index (χ0n) is 14.2. The second-order valence-electron chi connectivity index (χ2n) is 6.40. The van der Waals surface area contributed by atoms with Crippen LogP contribution in [0.1, 0.15) is 12.8 Å². The van der Waals surface area contributed by atoms with Crippen molar-refractivity contribution in [3.05, 3.63) is 48.9 Å². The molecule has 0 aromatic carbocycles. The van der Waals surface area contributed by atoms with Crippen molar-refractivity contribution in [3.8, 4) is 11.3 Å². The molecule has 0 bridgehead atoms. The second kappa shape index (κ2) is 6.34. The number of hydrogen-bond donors (Lipinski definition) is 1. The molecular formula is C19H18N6O. The highest BCUT2D eigenvalue weighted by Gasteiger charge is 2.16. The van der Waals surface area contributed by atoms with Crippen LogP contribution in [0.2, 0.25) is 0 Å². The van der Waals surface area contributed by atoms with Gasteiger partial charge in [-0.05, 0) is 43.2 Å². The molecule has 4 aromatic heterocycles. The van der Waals surface area contributed by atoms with Crippen molar-refractivity contribution in [2.75, 3.05) is 18.5 Å². The van der Waals surface area contributed by atoms with Crippen molar-refractivity contribution in [1.82, 2.24) is 24.6 Å². The van der Waals surface area contributed by atoms with E-state index < -0.39 is 0 Å². The molecule has 5 rings (SSSR count). The van der Waals surface area contributed by atoms with E-state index in [0.717, 1.165) is 53.8 Å². The highest BCUT2D eigenvalue weighted by atomic mass is 16.5. The van der Waals surface area contributed by atoms with Gasteiger partial charge in [0.2, 0.25) is 5.95 Å². The summed E-state index contributed by atoms with van der Waals surface area (Å²) in [7, 11) is 0. The Morgan fingerprint density at radius 3 is 3.08 bits per heavy atom. The topological polar surface area (TPSA) is 77.2 Å². The molecule has 1 unspecified atom stereocenters. The van der Waals surface area contributed by atoms with E-state index in [4.69, 9.17) is 9.72 Å². The number of fused-ring (bicyclic) bond motifs is 2. The molecule has 4 aromatic rings. The number of ether oxygens (including phenoxy) is 1. The largest absolute Gasteiger partial charge is 0.376 e. The van der Waals surface area contributed by atoms with Gasteiger partial charge < -0.3 is 10.1 Å². The molecular weight excluding hydrogens is 328 g/mol. The summed E-state index contributed by atoms with van der Waals surface area (Å²) in [4.78, 5) is 13.5. The molecule has 7 nitrogen and oxygen atoms in total. The first kappa shape index (κ1) is 15.2. The van der Waals surface area contributed by atoms with Gasteiger partial charge in [-0.1, -0.05) is 0 Å². The van der Waals surface area contributed by atoms with Gasteiger partial charge in [0.15, 0.2) is 0 Å². The molecule has 0 radical (unpaired) electrons. The van der Waals surface area contributed by atoms with Crippen LogP contribution >= 0.6 is 0 Å². The van der Waals surface area contributed by atoms with Crippen LogP contribution in [0.25, 0.3) is 27.8 Å². The summed E-state index contributed by atoms with van der Waals surface area (Å²) in [6.07, 6.45) is 8.00. The minimum Gasteiger partial charge on any atom is -0.376 e. The van der Waals surface area contributed by atoms with Crippen LogP contribution in [0.15, 0.2) is 48.9 Å². The van der Waals surface area contributed by atoms with Gasteiger partial charge in [0.25, 0.3) is 0 Å². The van der Waals surface area contributed by atoms with E-state index in [1.165, 1.54) is 0 Å². The summed E-state index contributed by atoms with van der Waals surface area (Å²) in [5.41, 5.74) is 4.57. The fourth-order valence-electron chi connectivity index (χ4n) is 3.32. The molecule has 0 amide bonds. The van der Waals surface area contributed by atoms with Crippen molar-refractivity contribution in [2.24, 2.45) is 0 Å². The second-order valence-corrected chi connectivity index (χ2v) is 6.40. The number of hydrogen-bond acceptors (Lipinski definition) is 6. The third kappa shape index (κ3) is 2.76. The monoisotopic (exact) mass is 346 g/mol. The minimum absolute atomic E-state index is 0.255. The molecule has 7 heteroatoms. The van der Waals surface area contributed by atoms with Crippen molar-refractivity contribution < 1.29 is 4.74 Å². The molecule has 1 N–H and O–H groups in total. The van der Waals surface area contributed by atoms with Gasteiger partial charge in [-0.3, -0.25) is 4.98 Å². The number of pyridine rings is 2. The molecule has 1 aliphatic rings. The van der Waals surface area contributed by atoms with Gasteiger partial charge in [0, 0.05) is 31.1 Å². The lowest BCUT2D eigenvalue weighted by molar-refractivity contribution is 0.120. The van der Waals surface area contributed by atoms with E-state index >= 15 is 0 Å². The lowest BCUT2D eigenvalue weighted by Gasteiger charge is -2.10. The molecule has 5 heterocycles. The lowest BCUT2D eigenvalue weighted by atomic mass is 10.1. The van der Waals surface area contributed by atoms with Crippen LogP contribution in [-0.2, 0) is 4.74 Å². The first-order valence-corrected chi connectivity index (χ1v) is 8.79. The molecule has 0 spiro atoms. The number of aromatic nitrogens is 5. The maximum Gasteiger partial charge on any atom is 0.241 e. The van der Waals surface area contributed by atoms with Gasteiger partial charge in [-0.2, -0.15) is 0 Å². The molecule has 26 heavy (non-hydrogen) atoms. The normalized spacial score (nSPS) is 17.2. The van der Waals surface area contributed by atoms with Gasteiger partial charge >= 0.3 is 0 Å². The molecule has 0 aliphatic carbocycles. The summed E-state index contributed by atoms with van der Waals surface area (Å²) in [5.74, 6) is 0.603. The lowest BCUT2D eigenvalue weighted by Crippen LogP contribution is -2.20. The first-order chi connectivity index (χ1) is 12.9. The van der Waals surface area contributed by atoms with Crippen LogP contribution < -0.4 is 5.32 Å². The highest BCUT2D eigenvalue weighted by molar-refractivity contribution is 5.83. The van der Waals surface area contributed by atoms with Crippen LogP contribution in [0.3, 0.4) is 0 Å². The number of nitrogens with zero attached hydrogens (tertiary/aromatic N) is 5. The minimum atomic E-state index is 0.255. The molecule has 130 valence electrons. The van der Waals surface area contributed by atoms with E-state index in [1.54, 1.807) is 6.20 Å². The average Bonchev–Trinajstić information content (AvgIpc) is 3.35. The standard InChI is InChI=1S/C19H18N6O/c1-4-17-16(20-8-1)6-5-15(23-17)14-7-9-25-18(14)12-22-19(24-25)21-11-13-3-2-10-26-13/h1,4-9,12-13H,2-3,10-11H2,(H,21,24). The third-order valence-electron chi connectivity index (χ3n) is 4.66. The SMILES string of the molecule is c1cnc2ccc(-c3ccn4nc(NCC5CCCO5)ncc34)nc2c1. The van der Waals surface area contributed by atoms with Crippen molar-refractivity contribution >= 4 is 22.5 Å². The Morgan fingerprint density at radius 2 is 2.15 bits per heavy atom. The van der Waals surface area contributed by atoms with E-state index in [-0.39, 0.29) is 6.10 Å². The maximum absolute atomic E-state index is 5.62. The van der Waals surface area contributed by atoms with E-state index in [0.29, 0.717) is 5.95 Å². The smallest absolute Gasteiger partial charge is 0.241 e. The number of nitrogens with one attached hydrogen (secondary N) is 1. The Hall–Kier alpha value is -3.06. The molecule has 1 atom stereocenters. The molecule has 0 saturated carbocycles. The Kier molecular flexibility index (Phi) is 3.71. The summed E-state index contributed by atoms with van der Waals surface area (Å²) >= 11 is 0. The highest BCUT2D eigenvalue weighted by Crippen LogP contribution is 2.25. The average molecular weight is 346 g/mol. The third-order valence-corrected chi connectivity index (χ3v) is 4.66. The molecule has 1 fully saturated rings. The van der Waals surface area contributed by atoms with Gasteiger partial charge in [-0.15, -0.1) is 5.10 Å². The number of rotatable bonds is 4. The zero-order chi connectivity index (χ0) is 17.3. The Labute approximate surface area is 150 Å². The van der Waals surface area contributed by atoms with Crippen LogP contribution in [-0.4, -0.2) is 43.8 Å². The van der Waals surface area contributed by atoms with E-state index in [2.05, 4.69) is 20.4 Å². The summed E-state index contributed by atoms with van der Waals surface area (Å²) < 4.78 is 7.45. The van der Waals surface area contributed by atoms with Gasteiger partial charge in [0.05, 0.1) is 34.5 Å². The van der Waals surface area contributed by atoms with E-state index in [9.17, 15) is 0 Å². The van der Waals surface area contributed by atoms with Gasteiger partial charge in [-0.25, -0.2) is 14.5 Å². The molecule has 1 aliphatic heterocycles. The first-order valence-electron chi connectivity index (χ1n) is 8.79. The van der Waals surface area contributed by atoms with Crippen LogP contribution in [0, 0.1) is 0 Å². The summed E-state index contributed by atoms with van der Waals surface area (Å²) in [6, 6.07) is 9.84. The number of anilines is 1. The fraction of sp³-hybridized carbons (Fsp3) is 0.263.